The van der Waals surface area contributed by atoms with Gasteiger partial charge in [-0.05, 0) is 56.5 Å². The quantitative estimate of drug-likeness (QED) is 0.589. The summed E-state index contributed by atoms with van der Waals surface area (Å²) >= 11 is 0. The Hall–Kier alpha value is -2.78. The van der Waals surface area contributed by atoms with E-state index in [0.717, 1.165) is 25.9 Å². The molecule has 9 nitrogen and oxygen atoms in total. The summed E-state index contributed by atoms with van der Waals surface area (Å²) in [6.07, 6.45) is 6.14. The van der Waals surface area contributed by atoms with E-state index in [2.05, 4.69) is 20.4 Å². The second-order valence-electron chi connectivity index (χ2n) is 9.13. The molecule has 1 atom stereocenters. The fraction of sp³-hybridized carbons (Fsp3) is 0.600. The monoisotopic (exact) mass is 472 g/mol. The van der Waals surface area contributed by atoms with E-state index >= 15 is 0 Å². The second kappa shape index (κ2) is 11.1. The zero-order valence-corrected chi connectivity index (χ0v) is 20.4. The van der Waals surface area contributed by atoms with E-state index in [0.29, 0.717) is 40.9 Å². The molecular weight excluding hydrogens is 436 g/mol. The molecule has 1 aromatic rings. The molecular formula is C25H36N4O5. The van der Waals surface area contributed by atoms with Crippen molar-refractivity contribution >= 4 is 12.0 Å². The van der Waals surface area contributed by atoms with E-state index in [9.17, 15) is 9.59 Å². The van der Waals surface area contributed by atoms with Gasteiger partial charge in [0.25, 0.3) is 0 Å². The zero-order chi connectivity index (χ0) is 24.1. The summed E-state index contributed by atoms with van der Waals surface area (Å²) in [6.45, 7) is 4.77. The van der Waals surface area contributed by atoms with Crippen LogP contribution in [0, 0.1) is 0 Å². The summed E-state index contributed by atoms with van der Waals surface area (Å²) in [5.41, 5.74) is 1.72. The maximum Gasteiger partial charge on any atom is 0.338 e. The number of piperidine rings is 2. The molecule has 3 aliphatic rings. The average molecular weight is 473 g/mol. The number of nitrogens with one attached hydrogen (secondary N) is 2. The summed E-state index contributed by atoms with van der Waals surface area (Å²) in [4.78, 5) is 30.4. The summed E-state index contributed by atoms with van der Waals surface area (Å²) in [7, 11) is 4.48. The standard InChI is InChI=1S/C25H36N4O5/c1-32-20-8-7-17(15-21(20)33-2)23-22(24(30)34-3)19(26-25(31)27-23)16-28-13-9-18(10-14-28)29-11-5-4-6-12-29/h7-8,15,18,23H,4-6,9-14,16H2,1-3H3,(H2,26,27,31). The maximum absolute atomic E-state index is 12.9. The predicted octanol–water partition coefficient (Wildman–Crippen LogP) is 2.44. The molecule has 2 N–H and O–H groups in total. The Kier molecular flexibility index (Phi) is 7.95. The van der Waals surface area contributed by atoms with E-state index in [1.807, 2.05) is 6.07 Å². The van der Waals surface area contributed by atoms with Crippen molar-refractivity contribution in [2.24, 2.45) is 0 Å². The Bertz CT molecular complexity index is 920. The molecule has 4 rings (SSSR count). The Morgan fingerprint density at radius 3 is 2.35 bits per heavy atom. The minimum absolute atomic E-state index is 0.342. The highest BCUT2D eigenvalue weighted by Crippen LogP contribution is 2.34. The lowest BCUT2D eigenvalue weighted by Gasteiger charge is -2.41. The second-order valence-corrected chi connectivity index (χ2v) is 9.13. The van der Waals surface area contributed by atoms with Gasteiger partial charge in [-0.3, -0.25) is 4.90 Å². The number of likely N-dealkylation sites (tertiary alicyclic amines) is 2. The minimum Gasteiger partial charge on any atom is -0.493 e. The molecule has 2 fully saturated rings. The number of urea groups is 1. The Morgan fingerprint density at radius 1 is 1.00 bits per heavy atom. The molecule has 34 heavy (non-hydrogen) atoms. The number of esters is 1. The van der Waals surface area contributed by atoms with Crippen molar-refractivity contribution in [1.82, 2.24) is 20.4 Å². The number of carbonyl (C=O) groups excluding carboxylic acids is 2. The van der Waals surface area contributed by atoms with Crippen molar-refractivity contribution in [3.05, 3.63) is 35.0 Å². The fourth-order valence-electron chi connectivity index (χ4n) is 5.33. The summed E-state index contributed by atoms with van der Waals surface area (Å²) in [6, 6.07) is 5.00. The first-order chi connectivity index (χ1) is 16.5. The zero-order valence-electron chi connectivity index (χ0n) is 20.4. The Morgan fingerprint density at radius 2 is 1.71 bits per heavy atom. The number of amides is 2. The third-order valence-corrected chi connectivity index (χ3v) is 7.15. The van der Waals surface area contributed by atoms with Crippen LogP contribution in [0.3, 0.4) is 0 Å². The highest BCUT2D eigenvalue weighted by atomic mass is 16.5. The Labute approximate surface area is 201 Å². The van der Waals surface area contributed by atoms with Gasteiger partial charge in [-0.15, -0.1) is 0 Å². The number of hydrogen-bond donors (Lipinski definition) is 2. The molecule has 1 unspecified atom stereocenters. The number of nitrogens with zero attached hydrogens (tertiary/aromatic N) is 2. The van der Waals surface area contributed by atoms with Crippen LogP contribution in [-0.4, -0.2) is 81.9 Å². The van der Waals surface area contributed by atoms with Gasteiger partial charge in [-0.25, -0.2) is 9.59 Å². The van der Waals surface area contributed by atoms with Crippen LogP contribution in [0.25, 0.3) is 0 Å². The molecule has 3 aliphatic heterocycles. The van der Waals surface area contributed by atoms with Crippen LogP contribution in [0.1, 0.15) is 43.7 Å². The van der Waals surface area contributed by atoms with E-state index < -0.39 is 12.0 Å². The van der Waals surface area contributed by atoms with Crippen molar-refractivity contribution < 1.29 is 23.8 Å². The van der Waals surface area contributed by atoms with Gasteiger partial charge in [-0.1, -0.05) is 12.5 Å². The first-order valence-electron chi connectivity index (χ1n) is 12.1. The first kappa shape index (κ1) is 24.3. The number of ether oxygens (including phenoxy) is 3. The van der Waals surface area contributed by atoms with Crippen LogP contribution in [0.2, 0.25) is 0 Å². The van der Waals surface area contributed by atoms with Gasteiger partial charge in [0.05, 0.1) is 32.9 Å². The summed E-state index contributed by atoms with van der Waals surface area (Å²) in [5.74, 6) is 0.635. The minimum atomic E-state index is -0.651. The molecule has 3 heterocycles. The largest absolute Gasteiger partial charge is 0.493 e. The third-order valence-electron chi connectivity index (χ3n) is 7.15. The van der Waals surface area contributed by atoms with Crippen LogP contribution >= 0.6 is 0 Å². The van der Waals surface area contributed by atoms with Gasteiger partial charge in [0.15, 0.2) is 11.5 Å². The van der Waals surface area contributed by atoms with E-state index in [-0.39, 0.29) is 6.03 Å². The first-order valence-corrected chi connectivity index (χ1v) is 12.1. The lowest BCUT2D eigenvalue weighted by Crippen LogP contribution is -2.51. The SMILES string of the molecule is COC(=O)C1=C(CN2CCC(N3CCCCC3)CC2)NC(=O)NC1c1ccc(OC)c(OC)c1. The van der Waals surface area contributed by atoms with Gasteiger partial charge in [-0.2, -0.15) is 0 Å². The lowest BCUT2D eigenvalue weighted by atomic mass is 9.94. The maximum atomic E-state index is 12.9. The van der Waals surface area contributed by atoms with E-state index in [1.54, 1.807) is 26.4 Å². The van der Waals surface area contributed by atoms with E-state index in [4.69, 9.17) is 14.2 Å². The lowest BCUT2D eigenvalue weighted by molar-refractivity contribution is -0.136. The molecule has 0 radical (unpaired) electrons. The number of carbonyl (C=O) groups is 2. The molecule has 1 aromatic carbocycles. The molecule has 0 spiro atoms. The van der Waals surface area contributed by atoms with Crippen LogP contribution in [0.4, 0.5) is 4.79 Å². The highest BCUT2D eigenvalue weighted by Gasteiger charge is 2.35. The van der Waals surface area contributed by atoms with Crippen molar-refractivity contribution in [2.75, 3.05) is 54.1 Å². The fourth-order valence-corrected chi connectivity index (χ4v) is 5.33. The highest BCUT2D eigenvalue weighted by molar-refractivity contribution is 5.95. The molecule has 2 saturated heterocycles. The van der Waals surface area contributed by atoms with Crippen LogP contribution < -0.4 is 20.1 Å². The third kappa shape index (κ3) is 5.31. The normalized spacial score (nSPS) is 22.7. The molecule has 2 amide bonds. The van der Waals surface area contributed by atoms with Crippen molar-refractivity contribution in [3.63, 3.8) is 0 Å². The molecule has 0 saturated carbocycles. The van der Waals surface area contributed by atoms with Crippen molar-refractivity contribution in [3.8, 4) is 11.5 Å². The molecule has 186 valence electrons. The van der Waals surface area contributed by atoms with Crippen LogP contribution in [0.15, 0.2) is 29.5 Å². The number of methoxy groups -OCH3 is 3. The molecule has 0 aromatic heterocycles. The van der Waals surface area contributed by atoms with Gasteiger partial charge < -0.3 is 29.7 Å². The molecule has 9 heteroatoms. The number of benzene rings is 1. The van der Waals surface area contributed by atoms with Crippen molar-refractivity contribution in [1.29, 1.82) is 0 Å². The predicted molar refractivity (Wildman–Crippen MR) is 128 cm³/mol. The molecule has 0 bridgehead atoms. The topological polar surface area (TPSA) is 92.4 Å². The van der Waals surface area contributed by atoms with Gasteiger partial charge in [0.2, 0.25) is 0 Å². The van der Waals surface area contributed by atoms with Crippen molar-refractivity contribution in [2.45, 2.75) is 44.2 Å². The average Bonchev–Trinajstić information content (AvgIpc) is 2.88. The van der Waals surface area contributed by atoms with E-state index in [1.165, 1.54) is 39.5 Å². The summed E-state index contributed by atoms with van der Waals surface area (Å²) < 4.78 is 15.9. The smallest absolute Gasteiger partial charge is 0.338 e. The number of rotatable bonds is 7. The number of hydrogen-bond acceptors (Lipinski definition) is 7. The summed E-state index contributed by atoms with van der Waals surface area (Å²) in [5, 5.41) is 5.75. The van der Waals surface area contributed by atoms with Gasteiger partial charge >= 0.3 is 12.0 Å². The molecule has 0 aliphatic carbocycles. The van der Waals surface area contributed by atoms with Gasteiger partial charge in [0, 0.05) is 31.4 Å². The van der Waals surface area contributed by atoms with Crippen LogP contribution in [-0.2, 0) is 9.53 Å². The van der Waals surface area contributed by atoms with Gasteiger partial charge in [0.1, 0.15) is 0 Å². The Balaban J connectivity index is 1.55. The van der Waals surface area contributed by atoms with Crippen LogP contribution in [0.5, 0.6) is 11.5 Å².